The third-order valence-electron chi connectivity index (χ3n) is 2.72. The van der Waals surface area contributed by atoms with Gasteiger partial charge >= 0.3 is 6.03 Å². The number of rotatable bonds is 4. The number of amides is 2. The van der Waals surface area contributed by atoms with E-state index in [2.05, 4.69) is 28.1 Å². The van der Waals surface area contributed by atoms with Gasteiger partial charge in [0.2, 0.25) is 0 Å². The number of aliphatic hydroxyl groups is 1. The van der Waals surface area contributed by atoms with Gasteiger partial charge in [-0.05, 0) is 29.3 Å². The van der Waals surface area contributed by atoms with Crippen LogP contribution in [0.5, 0.6) is 0 Å². The summed E-state index contributed by atoms with van der Waals surface area (Å²) >= 11 is 1.68. The maximum absolute atomic E-state index is 11.5. The van der Waals surface area contributed by atoms with Gasteiger partial charge in [-0.15, -0.1) is 11.3 Å². The summed E-state index contributed by atoms with van der Waals surface area (Å²) < 4.78 is 1.22. The quantitative estimate of drug-likeness (QED) is 0.793. The van der Waals surface area contributed by atoms with E-state index < -0.39 is 0 Å². The predicted octanol–water partition coefficient (Wildman–Crippen LogP) is 2.25. The van der Waals surface area contributed by atoms with E-state index in [9.17, 15) is 4.79 Å². The van der Waals surface area contributed by atoms with Crippen LogP contribution in [-0.2, 0) is 0 Å². The first-order chi connectivity index (χ1) is 8.72. The first-order valence-electron chi connectivity index (χ1n) is 5.83. The average molecular weight is 264 g/mol. The highest BCUT2D eigenvalue weighted by Gasteiger charge is 2.13. The summed E-state index contributed by atoms with van der Waals surface area (Å²) in [5, 5.41) is 17.3. The fourth-order valence-electron chi connectivity index (χ4n) is 1.83. The number of aliphatic hydroxyl groups excluding tert-OH is 1. The van der Waals surface area contributed by atoms with Gasteiger partial charge < -0.3 is 15.7 Å². The number of hydrogen-bond donors (Lipinski definition) is 3. The van der Waals surface area contributed by atoms with Crippen LogP contribution in [0.25, 0.3) is 10.1 Å². The van der Waals surface area contributed by atoms with Crippen LogP contribution in [0, 0.1) is 0 Å². The Hall–Kier alpha value is -1.59. The molecule has 0 bridgehead atoms. The lowest BCUT2D eigenvalue weighted by molar-refractivity contribution is 0.231. The van der Waals surface area contributed by atoms with Crippen molar-refractivity contribution in [2.45, 2.75) is 13.0 Å². The van der Waals surface area contributed by atoms with Crippen molar-refractivity contribution in [3.63, 3.8) is 0 Å². The Bertz CT molecular complexity index is 539. The SMILES string of the molecule is C[C@H](NC(=O)NCCO)c1csc2ccccc12. The summed E-state index contributed by atoms with van der Waals surface area (Å²) in [5.41, 5.74) is 1.12. The summed E-state index contributed by atoms with van der Waals surface area (Å²) in [6.07, 6.45) is 0. The van der Waals surface area contributed by atoms with Gasteiger partial charge in [0, 0.05) is 11.2 Å². The van der Waals surface area contributed by atoms with E-state index in [1.165, 1.54) is 10.1 Å². The number of carbonyl (C=O) groups excluding carboxylic acids is 1. The molecule has 0 saturated carbocycles. The monoisotopic (exact) mass is 264 g/mol. The summed E-state index contributed by atoms with van der Waals surface area (Å²) in [6, 6.07) is 7.82. The van der Waals surface area contributed by atoms with E-state index >= 15 is 0 Å². The van der Waals surface area contributed by atoms with Crippen molar-refractivity contribution in [3.8, 4) is 0 Å². The van der Waals surface area contributed by atoms with E-state index in [4.69, 9.17) is 5.11 Å². The van der Waals surface area contributed by atoms with Crippen LogP contribution in [0.4, 0.5) is 4.79 Å². The summed E-state index contributed by atoms with van der Waals surface area (Å²) in [7, 11) is 0. The standard InChI is InChI=1S/C13H16N2O2S/c1-9(15-13(17)14-6-7-16)11-8-18-12-5-3-2-4-10(11)12/h2-5,8-9,16H,6-7H2,1H3,(H2,14,15,17)/t9-/m0/s1. The molecule has 1 aromatic heterocycles. The topological polar surface area (TPSA) is 61.4 Å². The largest absolute Gasteiger partial charge is 0.395 e. The van der Waals surface area contributed by atoms with E-state index in [-0.39, 0.29) is 25.2 Å². The van der Waals surface area contributed by atoms with Gasteiger partial charge in [0.25, 0.3) is 0 Å². The molecule has 0 unspecified atom stereocenters. The predicted molar refractivity (Wildman–Crippen MR) is 73.9 cm³/mol. The van der Waals surface area contributed by atoms with Crippen molar-refractivity contribution in [1.29, 1.82) is 0 Å². The molecule has 1 heterocycles. The number of hydrogen-bond acceptors (Lipinski definition) is 3. The number of nitrogens with one attached hydrogen (secondary N) is 2. The van der Waals surface area contributed by atoms with E-state index in [0.717, 1.165) is 5.56 Å². The molecular formula is C13H16N2O2S. The number of thiophene rings is 1. The number of benzene rings is 1. The Morgan fingerprint density at radius 1 is 1.44 bits per heavy atom. The lowest BCUT2D eigenvalue weighted by Gasteiger charge is -2.14. The smallest absolute Gasteiger partial charge is 0.315 e. The highest BCUT2D eigenvalue weighted by molar-refractivity contribution is 7.17. The molecule has 2 amide bonds. The maximum atomic E-state index is 11.5. The molecule has 1 aromatic carbocycles. The van der Waals surface area contributed by atoms with Gasteiger partial charge in [0.15, 0.2) is 0 Å². The molecule has 4 nitrogen and oxygen atoms in total. The van der Waals surface area contributed by atoms with Crippen molar-refractivity contribution < 1.29 is 9.90 Å². The molecule has 3 N–H and O–H groups in total. The Balaban J connectivity index is 2.09. The number of carbonyl (C=O) groups is 1. The van der Waals surface area contributed by atoms with Crippen LogP contribution >= 0.6 is 11.3 Å². The maximum Gasteiger partial charge on any atom is 0.315 e. The summed E-state index contributed by atoms with van der Waals surface area (Å²) in [5.74, 6) is 0. The zero-order chi connectivity index (χ0) is 13.0. The third kappa shape index (κ3) is 2.80. The second-order valence-corrected chi connectivity index (χ2v) is 4.94. The zero-order valence-corrected chi connectivity index (χ0v) is 11.0. The fourth-order valence-corrected chi connectivity index (χ4v) is 2.88. The van der Waals surface area contributed by atoms with Crippen LogP contribution in [-0.4, -0.2) is 24.3 Å². The van der Waals surface area contributed by atoms with Gasteiger partial charge in [0.1, 0.15) is 0 Å². The van der Waals surface area contributed by atoms with E-state index in [1.807, 2.05) is 19.1 Å². The zero-order valence-electron chi connectivity index (χ0n) is 10.1. The molecule has 0 aliphatic rings. The lowest BCUT2D eigenvalue weighted by atomic mass is 10.1. The molecule has 0 radical (unpaired) electrons. The molecule has 0 aliphatic carbocycles. The molecule has 0 spiro atoms. The van der Waals surface area contributed by atoms with Crippen molar-refractivity contribution >= 4 is 27.5 Å². The van der Waals surface area contributed by atoms with Crippen LogP contribution in [0.1, 0.15) is 18.5 Å². The van der Waals surface area contributed by atoms with Crippen LogP contribution in [0.3, 0.4) is 0 Å². The highest BCUT2D eigenvalue weighted by Crippen LogP contribution is 2.29. The fraction of sp³-hybridized carbons (Fsp3) is 0.308. The molecular weight excluding hydrogens is 248 g/mol. The minimum atomic E-state index is -0.258. The molecule has 0 saturated heterocycles. The molecule has 96 valence electrons. The molecule has 1 atom stereocenters. The third-order valence-corrected chi connectivity index (χ3v) is 3.70. The molecule has 0 fully saturated rings. The van der Waals surface area contributed by atoms with Crippen molar-refractivity contribution in [2.24, 2.45) is 0 Å². The average Bonchev–Trinajstić information content (AvgIpc) is 2.80. The van der Waals surface area contributed by atoms with Crippen molar-refractivity contribution in [2.75, 3.05) is 13.2 Å². The Morgan fingerprint density at radius 2 is 2.22 bits per heavy atom. The van der Waals surface area contributed by atoms with Gasteiger partial charge in [-0.1, -0.05) is 18.2 Å². The Morgan fingerprint density at radius 3 is 3.00 bits per heavy atom. The number of fused-ring (bicyclic) bond motifs is 1. The second-order valence-electron chi connectivity index (χ2n) is 4.03. The molecule has 5 heteroatoms. The van der Waals surface area contributed by atoms with Crippen LogP contribution in [0.15, 0.2) is 29.6 Å². The van der Waals surface area contributed by atoms with Gasteiger partial charge in [0.05, 0.1) is 12.6 Å². The molecule has 2 aromatic rings. The van der Waals surface area contributed by atoms with E-state index in [1.54, 1.807) is 11.3 Å². The van der Waals surface area contributed by atoms with Gasteiger partial charge in [-0.25, -0.2) is 4.79 Å². The Labute approximate surface area is 110 Å². The van der Waals surface area contributed by atoms with Crippen LogP contribution < -0.4 is 10.6 Å². The molecule has 18 heavy (non-hydrogen) atoms. The number of urea groups is 1. The van der Waals surface area contributed by atoms with Crippen molar-refractivity contribution in [1.82, 2.24) is 10.6 Å². The minimum Gasteiger partial charge on any atom is -0.395 e. The first-order valence-corrected chi connectivity index (χ1v) is 6.71. The minimum absolute atomic E-state index is 0.0524. The van der Waals surface area contributed by atoms with Crippen LogP contribution in [0.2, 0.25) is 0 Å². The normalized spacial score (nSPS) is 12.3. The first kappa shape index (κ1) is 12.9. The van der Waals surface area contributed by atoms with E-state index in [0.29, 0.717) is 0 Å². The summed E-state index contributed by atoms with van der Waals surface area (Å²) in [4.78, 5) is 11.5. The Kier molecular flexibility index (Phi) is 4.17. The second kappa shape index (κ2) is 5.84. The molecule has 2 rings (SSSR count). The highest BCUT2D eigenvalue weighted by atomic mass is 32.1. The summed E-state index contributed by atoms with van der Waals surface area (Å²) in [6.45, 7) is 2.17. The van der Waals surface area contributed by atoms with Crippen molar-refractivity contribution in [3.05, 3.63) is 35.2 Å². The lowest BCUT2D eigenvalue weighted by Crippen LogP contribution is -2.38. The van der Waals surface area contributed by atoms with Gasteiger partial charge in [-0.2, -0.15) is 0 Å². The molecule has 0 aliphatic heterocycles. The van der Waals surface area contributed by atoms with Gasteiger partial charge in [-0.3, -0.25) is 0 Å².